The molecule has 226 valence electrons. The predicted molar refractivity (Wildman–Crippen MR) is 154 cm³/mol. The Kier molecular flexibility index (Phi) is 9.78. The Balaban J connectivity index is 1.96. The number of piperidine rings is 1. The summed E-state index contributed by atoms with van der Waals surface area (Å²) in [5.41, 5.74) is -1.13. The van der Waals surface area contributed by atoms with Crippen LogP contribution in [0.4, 0.5) is 4.79 Å². The zero-order valence-corrected chi connectivity index (χ0v) is 25.9. The zero-order valence-electron chi connectivity index (χ0n) is 25.9. The molecule has 3 rings (SSSR count). The van der Waals surface area contributed by atoms with Gasteiger partial charge in [-0.15, -0.1) is 0 Å². The normalized spacial score (nSPS) is 31.2. The summed E-state index contributed by atoms with van der Waals surface area (Å²) in [6, 6.07) is -2.88. The van der Waals surface area contributed by atoms with Gasteiger partial charge in [-0.1, -0.05) is 72.6 Å². The molecule has 0 bridgehead atoms. The average Bonchev–Trinajstić information content (AvgIpc) is 3.15. The summed E-state index contributed by atoms with van der Waals surface area (Å²) in [6.07, 6.45) is 8.00. The number of carbonyl (C=O) groups excluding carboxylic acids is 5. The fraction of sp³-hybridized carbons (Fsp3) is 0.839. The van der Waals surface area contributed by atoms with Crippen LogP contribution in [0.2, 0.25) is 0 Å². The molecule has 3 fully saturated rings. The number of carbonyl (C=O) groups is 5. The van der Waals surface area contributed by atoms with Crippen LogP contribution in [-0.4, -0.2) is 64.5 Å². The van der Waals surface area contributed by atoms with E-state index in [1.54, 1.807) is 4.90 Å². The fourth-order valence-electron chi connectivity index (χ4n) is 6.81. The van der Waals surface area contributed by atoms with Gasteiger partial charge in [-0.05, 0) is 56.3 Å². The second kappa shape index (κ2) is 12.2. The largest absolute Gasteiger partial charge is 0.344 e. The summed E-state index contributed by atoms with van der Waals surface area (Å²) in [4.78, 5) is 67.6. The van der Waals surface area contributed by atoms with Crippen molar-refractivity contribution in [3.05, 3.63) is 0 Å². The second-order valence-electron chi connectivity index (χ2n) is 14.7. The Labute approximate surface area is 240 Å². The number of urea groups is 1. The monoisotopic (exact) mass is 560 g/mol. The maximum atomic E-state index is 14.3. The van der Waals surface area contributed by atoms with E-state index in [1.807, 2.05) is 34.6 Å². The molecule has 0 spiro atoms. The maximum absolute atomic E-state index is 14.3. The van der Waals surface area contributed by atoms with Crippen molar-refractivity contribution >= 4 is 29.4 Å². The number of hydrogen-bond donors (Lipinski definition) is 3. The standard InChI is InChI=1S/C31H52N4O5/c1-19(36)24(37)21-16-14-12-10-9-11-13-15-17-30(5,6)25(33-28(40)34-29(2,3)4)27(39)35-18-20-22(31(20,7)8)23(35)26(38)32-21/h20-23,25H,9-18H2,1-8H3,(H,32,38)(H2,33,34,40)/t20-,21-,22-,23-,25+/m0/s1. The van der Waals surface area contributed by atoms with E-state index in [0.29, 0.717) is 13.0 Å². The molecular formula is C31H52N4O5. The first-order valence-electron chi connectivity index (χ1n) is 15.2. The van der Waals surface area contributed by atoms with Gasteiger partial charge in [0.15, 0.2) is 5.78 Å². The lowest BCUT2D eigenvalue weighted by Crippen LogP contribution is -2.62. The van der Waals surface area contributed by atoms with Gasteiger partial charge in [0.25, 0.3) is 0 Å². The number of ketones is 2. The van der Waals surface area contributed by atoms with Crippen LogP contribution < -0.4 is 16.0 Å². The third kappa shape index (κ3) is 7.43. The Morgan fingerprint density at radius 3 is 2.08 bits per heavy atom. The quantitative estimate of drug-likeness (QED) is 0.448. The summed E-state index contributed by atoms with van der Waals surface area (Å²) in [7, 11) is 0. The molecule has 0 aromatic rings. The molecule has 2 aliphatic heterocycles. The third-order valence-corrected chi connectivity index (χ3v) is 9.35. The van der Waals surface area contributed by atoms with Crippen molar-refractivity contribution < 1.29 is 24.0 Å². The van der Waals surface area contributed by atoms with E-state index in [4.69, 9.17) is 0 Å². The summed E-state index contributed by atoms with van der Waals surface area (Å²) in [5.74, 6) is -1.70. The Bertz CT molecular complexity index is 998. The molecular weight excluding hydrogens is 508 g/mol. The molecule has 2 saturated heterocycles. The molecule has 0 radical (unpaired) electrons. The van der Waals surface area contributed by atoms with Gasteiger partial charge in [-0.3, -0.25) is 19.2 Å². The highest BCUT2D eigenvalue weighted by Crippen LogP contribution is 2.65. The van der Waals surface area contributed by atoms with Crippen molar-refractivity contribution in [3.63, 3.8) is 0 Å². The van der Waals surface area contributed by atoms with E-state index >= 15 is 0 Å². The first kappa shape index (κ1) is 32.1. The van der Waals surface area contributed by atoms with Crippen molar-refractivity contribution in [3.8, 4) is 0 Å². The summed E-state index contributed by atoms with van der Waals surface area (Å²) in [6.45, 7) is 15.6. The molecule has 9 nitrogen and oxygen atoms in total. The van der Waals surface area contributed by atoms with E-state index in [2.05, 4.69) is 29.8 Å². The first-order chi connectivity index (χ1) is 18.5. The summed E-state index contributed by atoms with van der Waals surface area (Å²) in [5, 5.41) is 8.77. The van der Waals surface area contributed by atoms with Crippen LogP contribution >= 0.6 is 0 Å². The van der Waals surface area contributed by atoms with Crippen LogP contribution in [0.1, 0.15) is 113 Å². The van der Waals surface area contributed by atoms with Gasteiger partial charge in [0, 0.05) is 19.0 Å². The minimum Gasteiger partial charge on any atom is -0.344 e. The van der Waals surface area contributed by atoms with Gasteiger partial charge in [0.2, 0.25) is 17.6 Å². The van der Waals surface area contributed by atoms with Gasteiger partial charge in [0.05, 0.1) is 6.04 Å². The third-order valence-electron chi connectivity index (χ3n) is 9.35. The lowest BCUT2D eigenvalue weighted by Gasteiger charge is -2.40. The summed E-state index contributed by atoms with van der Waals surface area (Å²) >= 11 is 0. The molecule has 1 saturated carbocycles. The van der Waals surface area contributed by atoms with Gasteiger partial charge in [-0.25, -0.2) is 4.79 Å². The minimum atomic E-state index is -0.888. The topological polar surface area (TPSA) is 125 Å². The van der Waals surface area contributed by atoms with E-state index in [9.17, 15) is 24.0 Å². The molecule has 5 atom stereocenters. The van der Waals surface area contributed by atoms with Gasteiger partial charge in [-0.2, -0.15) is 0 Å². The van der Waals surface area contributed by atoms with Crippen LogP contribution in [0.5, 0.6) is 0 Å². The molecule has 3 aliphatic rings. The zero-order chi connectivity index (χ0) is 30.0. The number of nitrogens with one attached hydrogen (secondary N) is 3. The molecule has 4 amide bonds. The SMILES string of the molecule is CC(=O)C(=O)[C@@H]1CCCCCCCCCC(C)(C)[C@H](NC(=O)NC(C)(C)C)C(=O)N2C[C@H]3[C@@H]([C@H]2C(=O)N1)C3(C)C. The molecule has 40 heavy (non-hydrogen) atoms. The summed E-state index contributed by atoms with van der Waals surface area (Å²) < 4.78 is 0. The maximum Gasteiger partial charge on any atom is 0.315 e. The highest BCUT2D eigenvalue weighted by molar-refractivity contribution is 6.38. The Morgan fingerprint density at radius 1 is 0.925 bits per heavy atom. The molecule has 3 N–H and O–H groups in total. The van der Waals surface area contributed by atoms with Gasteiger partial charge in [0.1, 0.15) is 12.1 Å². The highest BCUT2D eigenvalue weighted by atomic mass is 16.2. The fourth-order valence-corrected chi connectivity index (χ4v) is 6.81. The molecule has 9 heteroatoms. The van der Waals surface area contributed by atoms with E-state index < -0.39 is 46.7 Å². The van der Waals surface area contributed by atoms with Crippen molar-refractivity contribution in [2.24, 2.45) is 22.7 Å². The van der Waals surface area contributed by atoms with Crippen molar-refractivity contribution in [2.45, 2.75) is 137 Å². The molecule has 2 heterocycles. The van der Waals surface area contributed by atoms with Crippen molar-refractivity contribution in [1.82, 2.24) is 20.9 Å². The molecule has 1 aliphatic carbocycles. The van der Waals surface area contributed by atoms with Crippen molar-refractivity contribution in [2.75, 3.05) is 6.54 Å². The number of hydrogen-bond acceptors (Lipinski definition) is 5. The molecule has 0 aromatic heterocycles. The van der Waals surface area contributed by atoms with Gasteiger partial charge >= 0.3 is 6.03 Å². The Hall–Kier alpha value is -2.45. The predicted octanol–water partition coefficient (Wildman–Crippen LogP) is 4.13. The van der Waals surface area contributed by atoms with E-state index in [1.165, 1.54) is 6.92 Å². The number of nitrogens with zero attached hydrogens (tertiary/aromatic N) is 1. The molecule has 0 unspecified atom stereocenters. The van der Waals surface area contributed by atoms with Crippen LogP contribution in [0.3, 0.4) is 0 Å². The number of fused-ring (bicyclic) bond motifs is 3. The van der Waals surface area contributed by atoms with Crippen molar-refractivity contribution in [1.29, 1.82) is 0 Å². The van der Waals surface area contributed by atoms with Crippen LogP contribution in [0.25, 0.3) is 0 Å². The molecule has 0 aromatic carbocycles. The Morgan fingerprint density at radius 2 is 1.50 bits per heavy atom. The minimum absolute atomic E-state index is 0.0428. The number of rotatable bonds is 3. The van der Waals surface area contributed by atoms with Crippen LogP contribution in [0.15, 0.2) is 0 Å². The van der Waals surface area contributed by atoms with Crippen LogP contribution in [0, 0.1) is 22.7 Å². The number of amides is 4. The smallest absolute Gasteiger partial charge is 0.315 e. The van der Waals surface area contributed by atoms with Crippen LogP contribution in [-0.2, 0) is 19.2 Å². The van der Waals surface area contributed by atoms with E-state index in [-0.39, 0.29) is 29.1 Å². The number of Topliss-reactive ketones (excluding diaryl/α,β-unsaturated/α-hetero) is 2. The second-order valence-corrected chi connectivity index (χ2v) is 14.7. The van der Waals surface area contributed by atoms with E-state index in [0.717, 1.165) is 51.4 Å². The van der Waals surface area contributed by atoms with Gasteiger partial charge < -0.3 is 20.9 Å². The lowest BCUT2D eigenvalue weighted by atomic mass is 9.78. The average molecular weight is 561 g/mol. The lowest BCUT2D eigenvalue weighted by molar-refractivity contribution is -0.145. The first-order valence-corrected chi connectivity index (χ1v) is 15.2. The highest BCUT2D eigenvalue weighted by Gasteiger charge is 2.70.